The van der Waals surface area contributed by atoms with Crippen molar-refractivity contribution in [2.45, 2.75) is 13.2 Å². The molecule has 0 heterocycles. The average molecular weight is 297 g/mol. The molecule has 2 rings (SSSR count). The minimum absolute atomic E-state index is 0.0394. The molecule has 2 aromatic carbocycles. The average Bonchev–Trinajstić information content (AvgIpc) is 2.47. The van der Waals surface area contributed by atoms with Gasteiger partial charge in [-0.05, 0) is 24.3 Å². The molecule has 0 spiro atoms. The van der Waals surface area contributed by atoms with Crippen LogP contribution in [-0.2, 0) is 13.2 Å². The lowest BCUT2D eigenvalue weighted by molar-refractivity contribution is 0.256. The van der Waals surface area contributed by atoms with Crippen molar-refractivity contribution < 1.29 is 19.0 Å². The van der Waals surface area contributed by atoms with Gasteiger partial charge in [0.15, 0.2) is 11.6 Å². The molecule has 0 saturated carbocycles. The molecule has 3 nitrogen and oxygen atoms in total. The molecule has 0 aliphatic heterocycles. The summed E-state index contributed by atoms with van der Waals surface area (Å²) in [6.45, 7) is -0.159. The molecule has 0 fully saturated rings. The molecular weight excluding hydrogens is 283 g/mol. The van der Waals surface area contributed by atoms with Crippen molar-refractivity contribution in [1.82, 2.24) is 0 Å². The van der Waals surface area contributed by atoms with Gasteiger partial charge in [0.1, 0.15) is 12.4 Å². The summed E-state index contributed by atoms with van der Waals surface area (Å²) < 4.78 is 24.4. The fourth-order valence-corrected chi connectivity index (χ4v) is 1.99. The number of halogens is 2. The van der Waals surface area contributed by atoms with E-state index in [2.05, 4.69) is 0 Å². The fourth-order valence-electron chi connectivity index (χ4n) is 1.79. The van der Waals surface area contributed by atoms with Gasteiger partial charge in [0.2, 0.25) is 0 Å². The summed E-state index contributed by atoms with van der Waals surface area (Å²) in [4.78, 5) is 0. The van der Waals surface area contributed by atoms with E-state index in [1.54, 1.807) is 36.4 Å². The summed E-state index contributed by atoms with van der Waals surface area (Å²) in [5.41, 5.74) is 0.934. The summed E-state index contributed by atoms with van der Waals surface area (Å²) in [5.74, 6) is 0.193. The molecule has 2 aromatic rings. The van der Waals surface area contributed by atoms with Crippen molar-refractivity contribution >= 4 is 11.6 Å². The van der Waals surface area contributed by atoms with Gasteiger partial charge < -0.3 is 14.6 Å². The highest BCUT2D eigenvalue weighted by atomic mass is 35.5. The predicted octanol–water partition coefficient (Wildman–Crippen LogP) is 3.56. The fraction of sp³-hybridized carbons (Fsp3) is 0.200. The minimum atomic E-state index is -0.450. The largest absolute Gasteiger partial charge is 0.494 e. The van der Waals surface area contributed by atoms with Crippen LogP contribution in [0.1, 0.15) is 11.1 Å². The summed E-state index contributed by atoms with van der Waals surface area (Å²) in [5, 5.41) is 9.75. The number of hydrogen-bond acceptors (Lipinski definition) is 3. The van der Waals surface area contributed by atoms with E-state index in [0.29, 0.717) is 21.9 Å². The molecule has 0 saturated heterocycles. The first-order valence-electron chi connectivity index (χ1n) is 5.99. The van der Waals surface area contributed by atoms with Crippen molar-refractivity contribution in [2.75, 3.05) is 7.11 Å². The van der Waals surface area contributed by atoms with Crippen LogP contribution in [0.25, 0.3) is 0 Å². The van der Waals surface area contributed by atoms with Crippen LogP contribution in [0.4, 0.5) is 4.39 Å². The van der Waals surface area contributed by atoms with Crippen molar-refractivity contribution in [1.29, 1.82) is 0 Å². The van der Waals surface area contributed by atoms with Crippen molar-refractivity contribution in [3.05, 3.63) is 58.4 Å². The second kappa shape index (κ2) is 6.59. The van der Waals surface area contributed by atoms with Crippen LogP contribution < -0.4 is 9.47 Å². The first-order valence-corrected chi connectivity index (χ1v) is 6.37. The topological polar surface area (TPSA) is 38.7 Å². The molecule has 5 heteroatoms. The third kappa shape index (κ3) is 3.21. The molecule has 1 N–H and O–H groups in total. The quantitative estimate of drug-likeness (QED) is 0.917. The Bertz CT molecular complexity index is 602. The van der Waals surface area contributed by atoms with Crippen LogP contribution in [0.3, 0.4) is 0 Å². The van der Waals surface area contributed by atoms with E-state index >= 15 is 0 Å². The summed E-state index contributed by atoms with van der Waals surface area (Å²) in [6.07, 6.45) is 0. The lowest BCUT2D eigenvalue weighted by Crippen LogP contribution is -2.02. The number of aliphatic hydroxyl groups excluding tert-OH is 1. The Morgan fingerprint density at radius 1 is 1.15 bits per heavy atom. The van der Waals surface area contributed by atoms with Crippen molar-refractivity contribution in [3.63, 3.8) is 0 Å². The summed E-state index contributed by atoms with van der Waals surface area (Å²) in [6, 6.07) is 9.75. The van der Waals surface area contributed by atoms with E-state index in [1.807, 2.05) is 0 Å². The SMILES string of the molecule is COc1cccc(COc2ccc(Cl)cc2CO)c1F. The number of aliphatic hydroxyl groups is 1. The normalized spacial score (nSPS) is 10.4. The Kier molecular flexibility index (Phi) is 4.82. The number of ether oxygens (including phenoxy) is 2. The maximum atomic E-state index is 13.9. The van der Waals surface area contributed by atoms with E-state index in [9.17, 15) is 9.50 Å². The Labute approximate surface area is 121 Å². The number of benzene rings is 2. The van der Waals surface area contributed by atoms with Crippen LogP contribution in [0.2, 0.25) is 5.02 Å². The molecule has 20 heavy (non-hydrogen) atoms. The van der Waals surface area contributed by atoms with Crippen LogP contribution in [-0.4, -0.2) is 12.2 Å². The van der Waals surface area contributed by atoms with E-state index in [0.717, 1.165) is 0 Å². The number of hydrogen-bond donors (Lipinski definition) is 1. The molecular formula is C15H14ClFO3. The van der Waals surface area contributed by atoms with Crippen molar-refractivity contribution in [3.8, 4) is 11.5 Å². The van der Waals surface area contributed by atoms with E-state index < -0.39 is 5.82 Å². The van der Waals surface area contributed by atoms with Gasteiger partial charge in [0.05, 0.1) is 13.7 Å². The Hall–Kier alpha value is -1.78. The number of methoxy groups -OCH3 is 1. The highest BCUT2D eigenvalue weighted by Crippen LogP contribution is 2.25. The van der Waals surface area contributed by atoms with E-state index in [-0.39, 0.29) is 19.0 Å². The van der Waals surface area contributed by atoms with Gasteiger partial charge in [-0.2, -0.15) is 0 Å². The van der Waals surface area contributed by atoms with Crippen LogP contribution >= 0.6 is 11.6 Å². The van der Waals surface area contributed by atoms with Gasteiger partial charge in [0, 0.05) is 16.1 Å². The summed E-state index contributed by atoms with van der Waals surface area (Å²) in [7, 11) is 1.41. The molecule has 0 aromatic heterocycles. The highest BCUT2D eigenvalue weighted by Gasteiger charge is 2.10. The molecule has 0 aliphatic rings. The van der Waals surface area contributed by atoms with Gasteiger partial charge in [-0.3, -0.25) is 0 Å². The monoisotopic (exact) mass is 296 g/mol. The van der Waals surface area contributed by atoms with Crippen LogP contribution in [0.5, 0.6) is 11.5 Å². The Balaban J connectivity index is 2.17. The third-order valence-corrected chi connectivity index (χ3v) is 3.07. The maximum Gasteiger partial charge on any atom is 0.171 e. The molecule has 0 bridgehead atoms. The van der Waals surface area contributed by atoms with Gasteiger partial charge in [0.25, 0.3) is 0 Å². The first kappa shape index (κ1) is 14.6. The molecule has 106 valence electrons. The molecule has 0 amide bonds. The Morgan fingerprint density at radius 2 is 1.95 bits per heavy atom. The first-order chi connectivity index (χ1) is 9.65. The van der Waals surface area contributed by atoms with E-state index in [1.165, 1.54) is 7.11 Å². The standard InChI is InChI=1S/C15H14ClFO3/c1-19-14-4-2-3-10(15(14)17)9-20-13-6-5-12(16)7-11(13)8-18/h2-7,18H,8-9H2,1H3. The highest BCUT2D eigenvalue weighted by molar-refractivity contribution is 6.30. The van der Waals surface area contributed by atoms with Gasteiger partial charge in [-0.1, -0.05) is 23.7 Å². The number of rotatable bonds is 5. The lowest BCUT2D eigenvalue weighted by atomic mass is 10.2. The third-order valence-electron chi connectivity index (χ3n) is 2.84. The second-order valence-corrected chi connectivity index (χ2v) is 4.57. The zero-order valence-electron chi connectivity index (χ0n) is 10.9. The zero-order chi connectivity index (χ0) is 14.5. The van der Waals surface area contributed by atoms with Crippen molar-refractivity contribution in [2.24, 2.45) is 0 Å². The zero-order valence-corrected chi connectivity index (χ0v) is 11.7. The molecule has 0 aliphatic carbocycles. The van der Waals surface area contributed by atoms with Gasteiger partial charge in [-0.15, -0.1) is 0 Å². The summed E-state index contributed by atoms with van der Waals surface area (Å²) >= 11 is 5.83. The van der Waals surface area contributed by atoms with Crippen LogP contribution in [0.15, 0.2) is 36.4 Å². The molecule has 0 unspecified atom stereocenters. The maximum absolute atomic E-state index is 13.9. The van der Waals surface area contributed by atoms with Gasteiger partial charge >= 0.3 is 0 Å². The lowest BCUT2D eigenvalue weighted by Gasteiger charge is -2.12. The minimum Gasteiger partial charge on any atom is -0.494 e. The molecule has 0 radical (unpaired) electrons. The van der Waals surface area contributed by atoms with Gasteiger partial charge in [-0.25, -0.2) is 4.39 Å². The predicted molar refractivity (Wildman–Crippen MR) is 74.7 cm³/mol. The van der Waals surface area contributed by atoms with Crippen LogP contribution in [0, 0.1) is 5.82 Å². The molecule has 0 atom stereocenters. The second-order valence-electron chi connectivity index (χ2n) is 4.13. The Morgan fingerprint density at radius 3 is 2.65 bits per heavy atom. The smallest absolute Gasteiger partial charge is 0.171 e. The van der Waals surface area contributed by atoms with E-state index in [4.69, 9.17) is 21.1 Å².